The van der Waals surface area contributed by atoms with Crippen LogP contribution in [0.15, 0.2) is 109 Å². The van der Waals surface area contributed by atoms with Crippen LogP contribution in [0.2, 0.25) is 0 Å². The first-order valence-corrected chi connectivity index (χ1v) is 31.1. The molecule has 0 aliphatic rings. The van der Waals surface area contributed by atoms with Crippen LogP contribution in [-0.4, -0.2) is 70.0 Å². The van der Waals surface area contributed by atoms with Crippen molar-refractivity contribution in [2.45, 2.75) is 238 Å². The van der Waals surface area contributed by atoms with Crippen LogP contribution in [0, 0.1) is 0 Å². The topological polar surface area (TPSA) is 111 Å². The minimum atomic E-state index is -4.64. The molecule has 0 saturated heterocycles. The molecule has 10 heteroatoms. The predicted octanol–water partition coefficient (Wildman–Crippen LogP) is 18.0. The van der Waals surface area contributed by atoms with Crippen molar-refractivity contribution < 1.29 is 42.1 Å². The molecule has 0 rings (SSSR count). The molecule has 0 radical (unpaired) electrons. The summed E-state index contributed by atoms with van der Waals surface area (Å²) in [6.45, 7) is 4.00. The summed E-state index contributed by atoms with van der Waals surface area (Å²) in [6, 6.07) is 0. The van der Waals surface area contributed by atoms with E-state index in [4.69, 9.17) is 18.5 Å². The molecule has 74 heavy (non-hydrogen) atoms. The van der Waals surface area contributed by atoms with Gasteiger partial charge in [-0.2, -0.15) is 0 Å². The molecule has 2 atom stereocenters. The second kappa shape index (κ2) is 54.5. The van der Waals surface area contributed by atoms with Gasteiger partial charge in [0.05, 0.1) is 27.7 Å². The van der Waals surface area contributed by atoms with Crippen LogP contribution in [-0.2, 0) is 32.7 Å². The quantitative estimate of drug-likeness (QED) is 0.0195. The second-order valence-electron chi connectivity index (χ2n) is 20.6. The van der Waals surface area contributed by atoms with Crippen molar-refractivity contribution in [1.82, 2.24) is 0 Å². The number of quaternary nitrogens is 1. The average Bonchev–Trinajstić information content (AvgIpc) is 3.36. The van der Waals surface area contributed by atoms with E-state index in [1.54, 1.807) is 0 Å². The Bertz CT molecular complexity index is 1620. The number of likely N-dealkylation sites (N-methyl/N-ethyl adjacent to an activating group) is 1. The Morgan fingerprint density at radius 1 is 0.419 bits per heavy atom. The normalized spacial score (nSPS) is 14.1. The van der Waals surface area contributed by atoms with Crippen molar-refractivity contribution in [2.75, 3.05) is 47.5 Å². The zero-order valence-corrected chi connectivity index (χ0v) is 48.9. The number of hydrogen-bond acceptors (Lipinski definition) is 8. The zero-order chi connectivity index (χ0) is 54.2. The van der Waals surface area contributed by atoms with Gasteiger partial charge in [-0.3, -0.25) is 14.2 Å². The number of rotatable bonds is 53. The van der Waals surface area contributed by atoms with E-state index in [-0.39, 0.29) is 26.1 Å². The first-order valence-electron chi connectivity index (χ1n) is 29.6. The van der Waals surface area contributed by atoms with Crippen LogP contribution in [0.3, 0.4) is 0 Å². The summed E-state index contributed by atoms with van der Waals surface area (Å²) in [5.74, 6) is -0.848. The summed E-state index contributed by atoms with van der Waals surface area (Å²) < 4.78 is 34.1. The number of hydrogen-bond donors (Lipinski definition) is 0. The third kappa shape index (κ3) is 57.9. The van der Waals surface area contributed by atoms with E-state index in [9.17, 15) is 19.0 Å². The number of carbonyl (C=O) groups excluding carboxylic acids is 2. The number of carbonyl (C=O) groups is 2. The number of phosphoric acid groups is 1. The SMILES string of the molecule is CC/C=C\C/C=C\C/C=C\C/C=C\C/C=C\C/C=C\CCCCCCCCCCCCCCCCC(=O)OC(COC(=O)CCCCCCCCC/C=C\C/C=C\C/C=C\CC)COP(=O)([O-])OCC[N+](C)(C)C. The molecule has 0 heterocycles. The number of unbranched alkanes of at least 4 members (excludes halogenated alkanes) is 21. The smallest absolute Gasteiger partial charge is 0.306 e. The van der Waals surface area contributed by atoms with Gasteiger partial charge in [-0.25, -0.2) is 0 Å². The molecule has 0 amide bonds. The van der Waals surface area contributed by atoms with Gasteiger partial charge in [0.2, 0.25) is 0 Å². The maximum Gasteiger partial charge on any atom is 0.306 e. The van der Waals surface area contributed by atoms with E-state index in [0.29, 0.717) is 23.9 Å². The maximum absolute atomic E-state index is 12.8. The first kappa shape index (κ1) is 70.7. The van der Waals surface area contributed by atoms with Gasteiger partial charge in [-0.05, 0) is 96.3 Å². The minimum absolute atomic E-state index is 0.0371. The Balaban J connectivity index is 4.11. The minimum Gasteiger partial charge on any atom is -0.756 e. The summed E-state index contributed by atoms with van der Waals surface area (Å²) >= 11 is 0. The number of nitrogens with zero attached hydrogens (tertiary/aromatic N) is 1. The van der Waals surface area contributed by atoms with E-state index in [1.807, 2.05) is 21.1 Å². The lowest BCUT2D eigenvalue weighted by atomic mass is 10.0. The molecule has 0 saturated carbocycles. The van der Waals surface area contributed by atoms with Gasteiger partial charge in [-0.15, -0.1) is 0 Å². The van der Waals surface area contributed by atoms with E-state index in [1.165, 1.54) is 89.9 Å². The van der Waals surface area contributed by atoms with E-state index in [2.05, 4.69) is 123 Å². The van der Waals surface area contributed by atoms with Crippen LogP contribution in [0.25, 0.3) is 0 Å². The lowest BCUT2D eigenvalue weighted by Crippen LogP contribution is -2.37. The maximum atomic E-state index is 12.8. The standard InChI is InChI=1S/C64H110NO8P/c1-6-8-10-12-14-16-18-20-22-24-25-26-27-28-29-30-31-32-33-34-35-36-37-38-39-41-43-45-47-49-51-53-55-57-64(67)73-62(61-72-74(68,69)71-59-58-65(3,4)5)60-70-63(66)56-54-52-50-48-46-44-42-40-23-21-19-17-15-13-11-9-7-2/h8-11,14-17,20-23,25-26,28-29,31-32,62H,6-7,12-13,18-19,24,27,30,33-61H2,1-5H3/b10-8-,11-9-,16-14-,17-15-,22-20-,23-21-,26-25-,29-28-,32-31-. The van der Waals surface area contributed by atoms with E-state index >= 15 is 0 Å². The monoisotopic (exact) mass is 1050 g/mol. The molecule has 424 valence electrons. The van der Waals surface area contributed by atoms with Crippen LogP contribution in [0.4, 0.5) is 0 Å². The highest BCUT2D eigenvalue weighted by molar-refractivity contribution is 7.45. The van der Waals surface area contributed by atoms with Gasteiger partial charge >= 0.3 is 11.9 Å². The zero-order valence-electron chi connectivity index (χ0n) is 48.0. The molecular formula is C64H110NO8P. The van der Waals surface area contributed by atoms with Gasteiger partial charge in [0, 0.05) is 12.8 Å². The summed E-state index contributed by atoms with van der Waals surface area (Å²) in [6.07, 6.45) is 75.7. The number of allylic oxidation sites excluding steroid dienone is 18. The predicted molar refractivity (Wildman–Crippen MR) is 314 cm³/mol. The van der Waals surface area contributed by atoms with Gasteiger partial charge in [0.1, 0.15) is 19.8 Å². The lowest BCUT2D eigenvalue weighted by molar-refractivity contribution is -0.870. The number of ether oxygens (including phenoxy) is 2. The van der Waals surface area contributed by atoms with E-state index in [0.717, 1.165) is 103 Å². The Labute approximate surface area is 455 Å². The number of phosphoric ester groups is 1. The van der Waals surface area contributed by atoms with Crippen LogP contribution in [0.5, 0.6) is 0 Å². The van der Waals surface area contributed by atoms with Crippen molar-refractivity contribution in [2.24, 2.45) is 0 Å². The summed E-state index contributed by atoms with van der Waals surface area (Å²) in [4.78, 5) is 37.9. The van der Waals surface area contributed by atoms with Crippen LogP contribution >= 0.6 is 7.82 Å². The summed E-state index contributed by atoms with van der Waals surface area (Å²) in [7, 11) is 1.15. The van der Waals surface area contributed by atoms with Gasteiger partial charge < -0.3 is 27.9 Å². The Morgan fingerprint density at radius 3 is 1.08 bits per heavy atom. The third-order valence-electron chi connectivity index (χ3n) is 12.3. The molecule has 0 bridgehead atoms. The lowest BCUT2D eigenvalue weighted by Gasteiger charge is -2.28. The highest BCUT2D eigenvalue weighted by atomic mass is 31.2. The van der Waals surface area contributed by atoms with Gasteiger partial charge in [-0.1, -0.05) is 232 Å². The summed E-state index contributed by atoms with van der Waals surface area (Å²) in [5.41, 5.74) is 0. The molecule has 0 spiro atoms. The fraction of sp³-hybridized carbons (Fsp3) is 0.688. The molecule has 0 aliphatic heterocycles. The van der Waals surface area contributed by atoms with E-state index < -0.39 is 32.5 Å². The molecule has 0 aromatic rings. The Kier molecular flexibility index (Phi) is 52.0. The molecular weight excluding hydrogens is 942 g/mol. The Hall–Kier alpha value is -3.33. The van der Waals surface area contributed by atoms with Crippen molar-refractivity contribution in [1.29, 1.82) is 0 Å². The van der Waals surface area contributed by atoms with Crippen LogP contribution in [0.1, 0.15) is 232 Å². The molecule has 2 unspecified atom stereocenters. The summed E-state index contributed by atoms with van der Waals surface area (Å²) in [5, 5.41) is 0. The van der Waals surface area contributed by atoms with Crippen LogP contribution < -0.4 is 4.89 Å². The Morgan fingerprint density at radius 2 is 0.730 bits per heavy atom. The highest BCUT2D eigenvalue weighted by Crippen LogP contribution is 2.38. The molecule has 0 aliphatic carbocycles. The van der Waals surface area contributed by atoms with Gasteiger partial charge in [0.15, 0.2) is 6.10 Å². The third-order valence-corrected chi connectivity index (χ3v) is 13.3. The average molecular weight is 1050 g/mol. The number of esters is 2. The van der Waals surface area contributed by atoms with Gasteiger partial charge in [0.25, 0.3) is 7.82 Å². The fourth-order valence-electron chi connectivity index (χ4n) is 7.79. The molecule has 0 fully saturated rings. The second-order valence-corrected chi connectivity index (χ2v) is 22.0. The van der Waals surface area contributed by atoms with Crippen molar-refractivity contribution >= 4 is 19.8 Å². The first-order chi connectivity index (χ1) is 36.0. The molecule has 0 N–H and O–H groups in total. The highest BCUT2D eigenvalue weighted by Gasteiger charge is 2.22. The van der Waals surface area contributed by atoms with Crippen molar-refractivity contribution in [3.8, 4) is 0 Å². The molecule has 0 aromatic heterocycles. The van der Waals surface area contributed by atoms with Crippen molar-refractivity contribution in [3.05, 3.63) is 109 Å². The van der Waals surface area contributed by atoms with Crippen molar-refractivity contribution in [3.63, 3.8) is 0 Å². The molecule has 9 nitrogen and oxygen atoms in total. The fourth-order valence-corrected chi connectivity index (χ4v) is 8.52. The largest absolute Gasteiger partial charge is 0.756 e. The molecule has 0 aromatic carbocycles.